The molecule has 2 rings (SSSR count). The predicted molar refractivity (Wildman–Crippen MR) is 94.0 cm³/mol. The molecule has 0 unspecified atom stereocenters. The molecule has 1 aliphatic heterocycles. The number of sulfonamides is 1. The second-order valence-corrected chi connectivity index (χ2v) is 7.80. The summed E-state index contributed by atoms with van der Waals surface area (Å²) in [6.45, 7) is 5.77. The Morgan fingerprint density at radius 1 is 1.38 bits per heavy atom. The number of nitrogens with zero attached hydrogens (tertiary/aromatic N) is 3. The molecule has 0 bridgehead atoms. The normalized spacial score (nSPS) is 16.1. The molecular weight excluding hydrogens is 402 g/mol. The molecule has 0 atom stereocenters. The number of hydrogen-bond donors (Lipinski definition) is 0. The molecule has 1 saturated heterocycles. The number of nitro benzene ring substituents is 1. The van der Waals surface area contributed by atoms with Crippen molar-refractivity contribution >= 4 is 37.3 Å². The van der Waals surface area contributed by atoms with E-state index in [9.17, 15) is 18.5 Å². The molecule has 1 radical (unpaired) electrons. The van der Waals surface area contributed by atoms with Gasteiger partial charge in [-0.15, -0.1) is 0 Å². The molecule has 0 spiro atoms. The molecular formula is C14H19BrN3O5S. The van der Waals surface area contributed by atoms with Crippen LogP contribution in [0.2, 0.25) is 0 Å². The summed E-state index contributed by atoms with van der Waals surface area (Å²) in [7, 11) is -3.86. The Morgan fingerprint density at radius 3 is 2.58 bits per heavy atom. The summed E-state index contributed by atoms with van der Waals surface area (Å²) >= 11 is 3.32. The Balaban J connectivity index is 2.54. The lowest BCUT2D eigenvalue weighted by molar-refractivity contribution is -0.385. The van der Waals surface area contributed by atoms with E-state index in [0.717, 1.165) is 6.07 Å². The summed E-state index contributed by atoms with van der Waals surface area (Å²) in [5.74, 6) is 0. The number of morpholine rings is 1. The van der Waals surface area contributed by atoms with E-state index in [2.05, 4.69) is 22.9 Å². The van der Waals surface area contributed by atoms with Crippen molar-refractivity contribution in [2.45, 2.75) is 4.90 Å². The fraction of sp³-hybridized carbons (Fsp3) is 0.500. The van der Waals surface area contributed by atoms with Crippen LogP contribution in [0.15, 0.2) is 23.1 Å². The minimum atomic E-state index is -3.86. The van der Waals surface area contributed by atoms with Gasteiger partial charge >= 0.3 is 0 Å². The smallest absolute Gasteiger partial charge is 0.270 e. The summed E-state index contributed by atoms with van der Waals surface area (Å²) in [6, 6.07) is 3.90. The molecule has 1 aromatic rings. The quantitative estimate of drug-likeness (QED) is 0.378. The van der Waals surface area contributed by atoms with Crippen LogP contribution >= 0.6 is 15.9 Å². The lowest BCUT2D eigenvalue weighted by Crippen LogP contribution is -2.41. The average molecular weight is 421 g/mol. The Labute approximate surface area is 149 Å². The third kappa shape index (κ3) is 4.05. The maximum atomic E-state index is 13.0. The molecule has 0 N–H and O–H groups in total. The standard InChI is InChI=1S/C14H19BrN3O5S/c1-2-16(6-5-15)13-4-3-12(18(19)20)11-14(13)24(21,22)17-7-9-23-10-8-17/h3-4,11H,1-2,5-10H2. The summed E-state index contributed by atoms with van der Waals surface area (Å²) in [5.41, 5.74) is 0.162. The molecule has 1 heterocycles. The van der Waals surface area contributed by atoms with Crippen molar-refractivity contribution in [3.63, 3.8) is 0 Å². The molecule has 0 saturated carbocycles. The molecule has 1 fully saturated rings. The maximum Gasteiger partial charge on any atom is 0.270 e. The highest BCUT2D eigenvalue weighted by atomic mass is 79.9. The molecule has 8 nitrogen and oxygen atoms in total. The van der Waals surface area contributed by atoms with Gasteiger partial charge in [-0.3, -0.25) is 10.1 Å². The van der Waals surface area contributed by atoms with Crippen LogP contribution in [0.25, 0.3) is 0 Å². The Kier molecular flexibility index (Phi) is 6.55. The Bertz CT molecular complexity index is 692. The summed E-state index contributed by atoms with van der Waals surface area (Å²) < 4.78 is 32.5. The molecule has 0 aromatic heterocycles. The second kappa shape index (κ2) is 8.24. The number of non-ortho nitro benzene ring substituents is 1. The fourth-order valence-electron chi connectivity index (χ4n) is 2.47. The first-order valence-corrected chi connectivity index (χ1v) is 9.94. The molecule has 10 heteroatoms. The van der Waals surface area contributed by atoms with Crippen LogP contribution < -0.4 is 4.90 Å². The third-order valence-corrected chi connectivity index (χ3v) is 5.99. The number of ether oxygens (including phenoxy) is 1. The average Bonchev–Trinajstić information content (AvgIpc) is 2.60. The van der Waals surface area contributed by atoms with Gasteiger partial charge in [-0.2, -0.15) is 4.31 Å². The van der Waals surface area contributed by atoms with E-state index in [4.69, 9.17) is 4.74 Å². The second-order valence-electron chi connectivity index (χ2n) is 5.10. The van der Waals surface area contributed by atoms with E-state index in [0.29, 0.717) is 37.3 Å². The SMILES string of the molecule is [CH2]CN(CCBr)c1ccc([N+](=O)[O-])cc1S(=O)(=O)N1CCOCC1. The van der Waals surface area contributed by atoms with E-state index in [-0.39, 0.29) is 23.7 Å². The number of hydrogen-bond acceptors (Lipinski definition) is 6. The lowest BCUT2D eigenvalue weighted by Gasteiger charge is -2.29. The van der Waals surface area contributed by atoms with Gasteiger partial charge < -0.3 is 9.64 Å². The highest BCUT2D eigenvalue weighted by molar-refractivity contribution is 9.09. The summed E-state index contributed by atoms with van der Waals surface area (Å²) in [6.07, 6.45) is 0. The number of alkyl halides is 1. The van der Waals surface area contributed by atoms with E-state index < -0.39 is 14.9 Å². The van der Waals surface area contributed by atoms with Crippen molar-refractivity contribution in [1.82, 2.24) is 4.31 Å². The van der Waals surface area contributed by atoms with E-state index in [1.54, 1.807) is 4.90 Å². The minimum absolute atomic E-state index is 0.0665. The third-order valence-electron chi connectivity index (χ3n) is 3.71. The van der Waals surface area contributed by atoms with Gasteiger partial charge in [-0.05, 0) is 13.0 Å². The van der Waals surface area contributed by atoms with Crippen LogP contribution in [-0.2, 0) is 14.8 Å². The fourth-order valence-corrected chi connectivity index (χ4v) is 4.53. The molecule has 1 aromatic carbocycles. The zero-order valence-corrected chi connectivity index (χ0v) is 15.5. The predicted octanol–water partition coefficient (Wildman–Crippen LogP) is 1.65. The molecule has 1 aliphatic rings. The number of rotatable bonds is 7. The van der Waals surface area contributed by atoms with Crippen molar-refractivity contribution in [3.8, 4) is 0 Å². The van der Waals surface area contributed by atoms with E-state index in [1.165, 1.54) is 16.4 Å². The topological polar surface area (TPSA) is 93.0 Å². The first kappa shape index (κ1) is 19.1. The van der Waals surface area contributed by atoms with Gasteiger partial charge in [0.25, 0.3) is 5.69 Å². The largest absolute Gasteiger partial charge is 0.379 e. The van der Waals surface area contributed by atoms with Crippen LogP contribution in [0.3, 0.4) is 0 Å². The monoisotopic (exact) mass is 420 g/mol. The van der Waals surface area contributed by atoms with Crippen LogP contribution in [0.1, 0.15) is 0 Å². The Hall–Kier alpha value is -1.23. The van der Waals surface area contributed by atoms with Crippen molar-refractivity contribution < 1.29 is 18.1 Å². The maximum absolute atomic E-state index is 13.0. The van der Waals surface area contributed by atoms with E-state index in [1.807, 2.05) is 0 Å². The zero-order valence-electron chi connectivity index (χ0n) is 13.1. The number of anilines is 1. The molecule has 24 heavy (non-hydrogen) atoms. The van der Waals surface area contributed by atoms with Gasteiger partial charge in [-0.25, -0.2) is 8.42 Å². The minimum Gasteiger partial charge on any atom is -0.379 e. The van der Waals surface area contributed by atoms with Crippen molar-refractivity contribution in [2.75, 3.05) is 49.6 Å². The first-order valence-electron chi connectivity index (χ1n) is 7.38. The Morgan fingerprint density at radius 2 is 2.04 bits per heavy atom. The van der Waals surface area contributed by atoms with Crippen molar-refractivity contribution in [2.24, 2.45) is 0 Å². The van der Waals surface area contributed by atoms with Crippen LogP contribution in [0.5, 0.6) is 0 Å². The summed E-state index contributed by atoms with van der Waals surface area (Å²) in [4.78, 5) is 12.2. The highest BCUT2D eigenvalue weighted by Gasteiger charge is 2.31. The lowest BCUT2D eigenvalue weighted by atomic mass is 10.2. The summed E-state index contributed by atoms with van der Waals surface area (Å²) in [5, 5.41) is 11.7. The molecule has 133 valence electrons. The number of benzene rings is 1. The van der Waals surface area contributed by atoms with Gasteiger partial charge in [0.15, 0.2) is 0 Å². The first-order chi connectivity index (χ1) is 11.4. The van der Waals surface area contributed by atoms with Gasteiger partial charge in [0.2, 0.25) is 10.0 Å². The van der Waals surface area contributed by atoms with Gasteiger partial charge in [-0.1, -0.05) is 15.9 Å². The number of nitro groups is 1. The molecule has 0 amide bonds. The number of halogens is 1. The van der Waals surface area contributed by atoms with Gasteiger partial charge in [0.05, 0.1) is 23.8 Å². The van der Waals surface area contributed by atoms with Crippen molar-refractivity contribution in [3.05, 3.63) is 35.2 Å². The van der Waals surface area contributed by atoms with Gasteiger partial charge in [0, 0.05) is 43.6 Å². The van der Waals surface area contributed by atoms with Crippen LogP contribution in [0, 0.1) is 17.0 Å². The zero-order chi connectivity index (χ0) is 17.7. The van der Waals surface area contributed by atoms with Gasteiger partial charge in [0.1, 0.15) is 4.90 Å². The van der Waals surface area contributed by atoms with E-state index >= 15 is 0 Å². The molecule has 0 aliphatic carbocycles. The van der Waals surface area contributed by atoms with Crippen LogP contribution in [0.4, 0.5) is 11.4 Å². The van der Waals surface area contributed by atoms with Crippen LogP contribution in [-0.4, -0.2) is 62.4 Å². The highest BCUT2D eigenvalue weighted by Crippen LogP contribution is 2.32. The van der Waals surface area contributed by atoms with Crippen molar-refractivity contribution in [1.29, 1.82) is 0 Å².